The van der Waals surface area contributed by atoms with E-state index in [1.54, 1.807) is 0 Å². The molecule has 2 aliphatic rings. The van der Waals surface area contributed by atoms with Gasteiger partial charge in [0.15, 0.2) is 0 Å². The van der Waals surface area contributed by atoms with Gasteiger partial charge in [0.2, 0.25) is 5.91 Å². The van der Waals surface area contributed by atoms with Crippen molar-refractivity contribution in [1.29, 1.82) is 0 Å². The highest BCUT2D eigenvalue weighted by molar-refractivity contribution is 6.09. The Hall–Kier alpha value is -2.58. The molecule has 1 saturated carbocycles. The number of imide groups is 1. The smallest absolute Gasteiger partial charge is 0.340 e. The molecule has 0 unspecified atom stereocenters. The monoisotopic (exact) mass is 383 g/mol. The summed E-state index contributed by atoms with van der Waals surface area (Å²) in [5.74, 6) is -0.838. The topological polar surface area (TPSA) is 69.7 Å². The highest BCUT2D eigenvalue weighted by Gasteiger charge is 2.52. The molecule has 1 aromatic carbocycles. The van der Waals surface area contributed by atoms with E-state index in [0.717, 1.165) is 29.9 Å². The van der Waals surface area contributed by atoms with E-state index in [1.165, 1.54) is 24.1 Å². The number of carbonyl (C=O) groups excluding carboxylic acids is 3. The lowest BCUT2D eigenvalue weighted by Crippen LogP contribution is -2.45. The molecule has 0 bridgehead atoms. The molecule has 1 aliphatic carbocycles. The minimum Gasteiger partial charge on any atom is -0.340 e. The van der Waals surface area contributed by atoms with Gasteiger partial charge in [0.25, 0.3) is 5.91 Å². The van der Waals surface area contributed by atoms with Crippen molar-refractivity contribution in [3.05, 3.63) is 35.4 Å². The largest absolute Gasteiger partial charge is 0.416 e. The third-order valence-electron chi connectivity index (χ3n) is 5.12. The second kappa shape index (κ2) is 6.86. The van der Waals surface area contributed by atoms with E-state index < -0.39 is 29.2 Å². The van der Waals surface area contributed by atoms with Gasteiger partial charge in [-0.3, -0.25) is 14.5 Å². The predicted octanol–water partition coefficient (Wildman–Crippen LogP) is 2.53. The van der Waals surface area contributed by atoms with Crippen LogP contribution in [0.5, 0.6) is 0 Å². The van der Waals surface area contributed by atoms with Crippen molar-refractivity contribution in [2.24, 2.45) is 0 Å². The highest BCUT2D eigenvalue weighted by Crippen LogP contribution is 2.35. The molecule has 2 fully saturated rings. The maximum Gasteiger partial charge on any atom is 0.416 e. The summed E-state index contributed by atoms with van der Waals surface area (Å²) in [6, 6.07) is 3.93. The number of hydrogen-bond donors (Lipinski definition) is 1. The number of likely N-dealkylation sites (N-methyl/N-ethyl adjacent to an activating group) is 1. The first kappa shape index (κ1) is 19.2. The lowest BCUT2D eigenvalue weighted by atomic mass is 9.98. The first-order valence-electron chi connectivity index (χ1n) is 8.67. The number of nitrogens with one attached hydrogen (secondary N) is 1. The van der Waals surface area contributed by atoms with Crippen molar-refractivity contribution < 1.29 is 27.6 Å². The molecule has 0 aromatic heterocycles. The summed E-state index contributed by atoms with van der Waals surface area (Å²) in [6.45, 7) is -0.310. The molecular weight excluding hydrogens is 363 g/mol. The van der Waals surface area contributed by atoms with Crippen LogP contribution < -0.4 is 5.32 Å². The van der Waals surface area contributed by atoms with Crippen LogP contribution in [0.15, 0.2) is 24.3 Å². The Morgan fingerprint density at radius 1 is 1.19 bits per heavy atom. The van der Waals surface area contributed by atoms with Gasteiger partial charge in [0.05, 0.1) is 5.56 Å². The van der Waals surface area contributed by atoms with E-state index in [2.05, 4.69) is 5.32 Å². The number of amides is 4. The normalized spacial score (nSPS) is 18.9. The van der Waals surface area contributed by atoms with Crippen LogP contribution in [-0.2, 0) is 22.3 Å². The Bertz CT molecular complexity index is 755. The van der Waals surface area contributed by atoms with Gasteiger partial charge in [-0.1, -0.05) is 25.0 Å². The van der Waals surface area contributed by atoms with Crippen molar-refractivity contribution in [3.63, 3.8) is 0 Å². The van der Waals surface area contributed by atoms with Gasteiger partial charge in [-0.05, 0) is 30.5 Å². The second-order valence-electron chi connectivity index (χ2n) is 7.06. The minimum absolute atomic E-state index is 0.0752. The molecule has 3 rings (SSSR count). The van der Waals surface area contributed by atoms with Crippen molar-refractivity contribution in [2.75, 3.05) is 13.6 Å². The Morgan fingerprint density at radius 3 is 2.33 bits per heavy atom. The molecule has 9 heteroatoms. The van der Waals surface area contributed by atoms with Crippen molar-refractivity contribution in [3.8, 4) is 0 Å². The Kier molecular flexibility index (Phi) is 4.88. The van der Waals surface area contributed by atoms with Crippen LogP contribution in [0, 0.1) is 0 Å². The zero-order chi connectivity index (χ0) is 19.8. The van der Waals surface area contributed by atoms with Gasteiger partial charge in [0.1, 0.15) is 12.1 Å². The summed E-state index contributed by atoms with van der Waals surface area (Å²) >= 11 is 0. The fraction of sp³-hybridized carbons (Fsp3) is 0.500. The van der Waals surface area contributed by atoms with E-state index in [4.69, 9.17) is 0 Å². The number of urea groups is 1. The Balaban J connectivity index is 1.61. The quantitative estimate of drug-likeness (QED) is 0.813. The molecule has 27 heavy (non-hydrogen) atoms. The summed E-state index contributed by atoms with van der Waals surface area (Å²) in [6.07, 6.45) is -1.57. The standard InChI is InChI=1S/C18H20F3N3O3/c1-23(10-12-4-6-13(7-5-12)18(19,20)21)14(25)11-24-15(26)17(22-16(24)27)8-2-3-9-17/h4-7H,2-3,8-11H2,1H3,(H,22,27). The fourth-order valence-electron chi connectivity index (χ4n) is 3.55. The van der Waals surface area contributed by atoms with Crippen LogP contribution >= 0.6 is 0 Å². The average Bonchev–Trinajstić information content (AvgIpc) is 3.15. The van der Waals surface area contributed by atoms with Gasteiger partial charge in [-0.25, -0.2) is 4.79 Å². The summed E-state index contributed by atoms with van der Waals surface area (Å²) in [5.41, 5.74) is -1.12. The Morgan fingerprint density at radius 2 is 1.78 bits per heavy atom. The number of rotatable bonds is 4. The third kappa shape index (κ3) is 3.77. The number of benzene rings is 1. The first-order valence-corrected chi connectivity index (χ1v) is 8.67. The van der Waals surface area contributed by atoms with E-state index >= 15 is 0 Å². The van der Waals surface area contributed by atoms with Crippen molar-refractivity contribution >= 4 is 17.8 Å². The highest BCUT2D eigenvalue weighted by atomic mass is 19.4. The zero-order valence-corrected chi connectivity index (χ0v) is 14.8. The summed E-state index contributed by atoms with van der Waals surface area (Å²) in [5, 5.41) is 2.70. The minimum atomic E-state index is -4.42. The number of alkyl halides is 3. The van der Waals surface area contributed by atoms with Crippen LogP contribution in [-0.4, -0.2) is 46.8 Å². The number of nitrogens with zero attached hydrogens (tertiary/aromatic N) is 2. The van der Waals surface area contributed by atoms with Crippen molar-refractivity contribution in [1.82, 2.24) is 15.1 Å². The number of carbonyl (C=O) groups is 3. The molecule has 6 nitrogen and oxygen atoms in total. The van der Waals surface area contributed by atoms with Gasteiger partial charge < -0.3 is 10.2 Å². The maximum atomic E-state index is 12.6. The SMILES string of the molecule is CN(Cc1ccc(C(F)(F)F)cc1)C(=O)CN1C(=O)NC2(CCCC2)C1=O. The second-order valence-corrected chi connectivity index (χ2v) is 7.06. The molecule has 1 spiro atoms. The molecule has 146 valence electrons. The molecule has 1 N–H and O–H groups in total. The zero-order valence-electron chi connectivity index (χ0n) is 14.8. The molecular formula is C18H20F3N3O3. The maximum absolute atomic E-state index is 12.6. The lowest BCUT2D eigenvalue weighted by molar-refractivity contribution is -0.138. The third-order valence-corrected chi connectivity index (χ3v) is 5.12. The van der Waals surface area contributed by atoms with Gasteiger partial charge in [0, 0.05) is 13.6 Å². The van der Waals surface area contributed by atoms with E-state index in [9.17, 15) is 27.6 Å². The summed E-state index contributed by atoms with van der Waals surface area (Å²) in [4.78, 5) is 39.3. The van der Waals surface area contributed by atoms with Crippen molar-refractivity contribution in [2.45, 2.75) is 43.9 Å². The molecule has 1 saturated heterocycles. The van der Waals surface area contributed by atoms with Crippen LogP contribution in [0.1, 0.15) is 36.8 Å². The van der Waals surface area contributed by atoms with Gasteiger partial charge in [-0.15, -0.1) is 0 Å². The average molecular weight is 383 g/mol. The van der Waals surface area contributed by atoms with Crippen LogP contribution in [0.4, 0.5) is 18.0 Å². The molecule has 0 radical (unpaired) electrons. The molecule has 1 aliphatic heterocycles. The van der Waals surface area contributed by atoms with Crippen LogP contribution in [0.2, 0.25) is 0 Å². The van der Waals surface area contributed by atoms with Crippen LogP contribution in [0.25, 0.3) is 0 Å². The number of halogens is 3. The van der Waals surface area contributed by atoms with E-state index in [1.807, 2.05) is 0 Å². The predicted molar refractivity (Wildman–Crippen MR) is 89.4 cm³/mol. The molecule has 4 amide bonds. The van der Waals surface area contributed by atoms with Crippen LogP contribution in [0.3, 0.4) is 0 Å². The van der Waals surface area contributed by atoms with E-state index in [-0.39, 0.29) is 19.0 Å². The lowest BCUT2D eigenvalue weighted by Gasteiger charge is -2.22. The van der Waals surface area contributed by atoms with Gasteiger partial charge in [-0.2, -0.15) is 13.2 Å². The van der Waals surface area contributed by atoms with Gasteiger partial charge >= 0.3 is 12.2 Å². The molecule has 1 aromatic rings. The Labute approximate surface area is 154 Å². The first-order chi connectivity index (χ1) is 12.6. The summed E-state index contributed by atoms with van der Waals surface area (Å²) in [7, 11) is 1.48. The van der Waals surface area contributed by atoms with E-state index in [0.29, 0.717) is 18.4 Å². The fourth-order valence-corrected chi connectivity index (χ4v) is 3.55. The molecule has 1 heterocycles. The molecule has 0 atom stereocenters. The number of hydrogen-bond acceptors (Lipinski definition) is 3. The summed E-state index contributed by atoms with van der Waals surface area (Å²) < 4.78 is 37.8.